The average molecular weight is 372 g/mol. The van der Waals surface area contributed by atoms with Crippen molar-refractivity contribution < 1.29 is 19.8 Å². The van der Waals surface area contributed by atoms with Crippen molar-refractivity contribution >= 4 is 11.8 Å². The van der Waals surface area contributed by atoms with E-state index in [4.69, 9.17) is 5.11 Å². The second-order valence-electron chi connectivity index (χ2n) is 7.17. The minimum absolute atomic E-state index is 0.0197. The number of hydrogen-bond acceptors (Lipinski definition) is 5. The van der Waals surface area contributed by atoms with Crippen LogP contribution in [-0.2, 0) is 9.59 Å². The van der Waals surface area contributed by atoms with Gasteiger partial charge in [0, 0.05) is 13.0 Å². The maximum atomic E-state index is 11.7. The van der Waals surface area contributed by atoms with Crippen molar-refractivity contribution in [2.45, 2.75) is 70.3 Å². The van der Waals surface area contributed by atoms with E-state index < -0.39 is 6.10 Å². The Labute approximate surface area is 157 Å². The first-order valence-corrected chi connectivity index (χ1v) is 10.2. The molecule has 152 valence electrons. The van der Waals surface area contributed by atoms with E-state index in [0.717, 1.165) is 38.6 Å². The Morgan fingerprint density at radius 1 is 0.923 bits per heavy atom. The number of carbonyl (C=O) groups excluding carboxylic acids is 2. The lowest BCUT2D eigenvalue weighted by Crippen LogP contribution is -2.37. The van der Waals surface area contributed by atoms with Crippen LogP contribution in [0.5, 0.6) is 0 Å². The van der Waals surface area contributed by atoms with E-state index in [-0.39, 0.29) is 25.0 Å². The largest absolute Gasteiger partial charge is 0.394 e. The summed E-state index contributed by atoms with van der Waals surface area (Å²) in [7, 11) is 0. The van der Waals surface area contributed by atoms with Crippen LogP contribution >= 0.6 is 0 Å². The third-order valence-electron chi connectivity index (χ3n) is 4.77. The van der Waals surface area contributed by atoms with Crippen LogP contribution in [0.1, 0.15) is 64.2 Å². The number of likely N-dealkylation sites (tertiary alicyclic amines) is 1. The number of hydrogen-bond donors (Lipinski definition) is 4. The highest BCUT2D eigenvalue weighted by atomic mass is 16.3. The third kappa shape index (κ3) is 12.2. The molecule has 7 heteroatoms. The van der Waals surface area contributed by atoms with Gasteiger partial charge in [0.15, 0.2) is 0 Å². The monoisotopic (exact) mass is 371 g/mol. The van der Waals surface area contributed by atoms with Gasteiger partial charge in [0.25, 0.3) is 0 Å². The van der Waals surface area contributed by atoms with Crippen LogP contribution in [0.4, 0.5) is 0 Å². The topological polar surface area (TPSA) is 102 Å². The highest BCUT2D eigenvalue weighted by molar-refractivity contribution is 5.84. The molecule has 1 aliphatic rings. The van der Waals surface area contributed by atoms with Gasteiger partial charge in [-0.05, 0) is 64.6 Å². The summed E-state index contributed by atoms with van der Waals surface area (Å²) < 4.78 is 0. The molecule has 1 unspecified atom stereocenters. The molecule has 1 rings (SSSR count). The number of nitrogens with one attached hydrogen (secondary N) is 2. The zero-order chi connectivity index (χ0) is 19.0. The molecule has 1 heterocycles. The van der Waals surface area contributed by atoms with Crippen molar-refractivity contribution in [3.05, 3.63) is 0 Å². The molecule has 1 saturated heterocycles. The van der Waals surface area contributed by atoms with Gasteiger partial charge in [-0.2, -0.15) is 0 Å². The number of aliphatic hydroxyl groups excluding tert-OH is 2. The molecule has 0 bridgehead atoms. The van der Waals surface area contributed by atoms with Crippen LogP contribution in [0, 0.1) is 0 Å². The lowest BCUT2D eigenvalue weighted by molar-refractivity contribution is -0.126. The Kier molecular flexibility index (Phi) is 13.1. The zero-order valence-corrected chi connectivity index (χ0v) is 16.0. The number of amides is 2. The van der Waals surface area contributed by atoms with Crippen LogP contribution in [0.15, 0.2) is 0 Å². The Hall–Kier alpha value is -1.18. The summed E-state index contributed by atoms with van der Waals surface area (Å²) in [6, 6.07) is 0. The fourth-order valence-electron chi connectivity index (χ4n) is 3.13. The molecule has 0 saturated carbocycles. The molecular weight excluding hydrogens is 334 g/mol. The van der Waals surface area contributed by atoms with E-state index in [1.165, 1.54) is 32.4 Å². The van der Waals surface area contributed by atoms with Crippen LogP contribution in [0.2, 0.25) is 0 Å². The van der Waals surface area contributed by atoms with Crippen LogP contribution in [0.25, 0.3) is 0 Å². The van der Waals surface area contributed by atoms with E-state index in [9.17, 15) is 14.7 Å². The molecule has 1 fully saturated rings. The molecule has 1 atom stereocenters. The summed E-state index contributed by atoms with van der Waals surface area (Å²) in [4.78, 5) is 25.9. The molecule has 0 spiro atoms. The highest BCUT2D eigenvalue weighted by Crippen LogP contribution is 2.10. The molecule has 0 aliphatic carbocycles. The van der Waals surface area contributed by atoms with Crippen molar-refractivity contribution in [1.82, 2.24) is 15.5 Å². The molecule has 0 radical (unpaired) electrons. The van der Waals surface area contributed by atoms with E-state index in [1.807, 2.05) is 0 Å². The summed E-state index contributed by atoms with van der Waals surface area (Å²) in [5, 5.41) is 23.3. The first-order chi connectivity index (χ1) is 12.6. The fraction of sp³-hybridized carbons (Fsp3) is 0.895. The van der Waals surface area contributed by atoms with E-state index >= 15 is 0 Å². The Morgan fingerprint density at radius 2 is 1.69 bits per heavy atom. The number of rotatable bonds is 14. The fourth-order valence-corrected chi connectivity index (χ4v) is 3.13. The summed E-state index contributed by atoms with van der Waals surface area (Å²) in [6.45, 7) is 3.89. The third-order valence-corrected chi connectivity index (χ3v) is 4.77. The van der Waals surface area contributed by atoms with Gasteiger partial charge < -0.3 is 25.7 Å². The van der Waals surface area contributed by atoms with Gasteiger partial charge in [-0.15, -0.1) is 0 Å². The summed E-state index contributed by atoms with van der Waals surface area (Å²) >= 11 is 0. The van der Waals surface area contributed by atoms with Gasteiger partial charge in [0.05, 0.1) is 19.3 Å². The first-order valence-electron chi connectivity index (χ1n) is 10.2. The summed E-state index contributed by atoms with van der Waals surface area (Å²) in [5.74, 6) is -0.254. The number of unbranched alkanes of at least 4 members (excludes halogenated alkanes) is 3. The average Bonchev–Trinajstić information content (AvgIpc) is 2.66. The quantitative estimate of drug-likeness (QED) is 0.338. The number of carbonyl (C=O) groups is 2. The van der Waals surface area contributed by atoms with Gasteiger partial charge in [0.1, 0.15) is 0 Å². The van der Waals surface area contributed by atoms with Gasteiger partial charge in [-0.3, -0.25) is 9.59 Å². The summed E-state index contributed by atoms with van der Waals surface area (Å²) in [6.07, 6.45) is 8.86. The minimum atomic E-state index is -0.676. The Balaban J connectivity index is 1.89. The SMILES string of the molecule is O=C(CCCCCN1CCCCC1)NCC(=O)NCCCCC(O)CO. The normalized spacial score (nSPS) is 16.2. The number of nitrogens with zero attached hydrogens (tertiary/aromatic N) is 1. The van der Waals surface area contributed by atoms with E-state index in [2.05, 4.69) is 15.5 Å². The first kappa shape index (κ1) is 22.9. The molecule has 26 heavy (non-hydrogen) atoms. The van der Waals surface area contributed by atoms with Crippen molar-refractivity contribution in [3.63, 3.8) is 0 Å². The highest BCUT2D eigenvalue weighted by Gasteiger charge is 2.09. The maximum absolute atomic E-state index is 11.7. The van der Waals surface area contributed by atoms with Gasteiger partial charge >= 0.3 is 0 Å². The van der Waals surface area contributed by atoms with Crippen molar-refractivity contribution in [2.24, 2.45) is 0 Å². The van der Waals surface area contributed by atoms with Crippen LogP contribution in [0.3, 0.4) is 0 Å². The van der Waals surface area contributed by atoms with Crippen molar-refractivity contribution in [1.29, 1.82) is 0 Å². The van der Waals surface area contributed by atoms with Crippen LogP contribution < -0.4 is 10.6 Å². The number of aliphatic hydroxyl groups is 2. The van der Waals surface area contributed by atoms with Crippen molar-refractivity contribution in [2.75, 3.05) is 39.3 Å². The molecule has 0 aromatic carbocycles. The van der Waals surface area contributed by atoms with Gasteiger partial charge in [0.2, 0.25) is 11.8 Å². The second kappa shape index (κ2) is 14.9. The molecule has 7 nitrogen and oxygen atoms in total. The molecule has 0 aromatic heterocycles. The molecule has 0 aromatic rings. The lowest BCUT2D eigenvalue weighted by atomic mass is 10.1. The van der Waals surface area contributed by atoms with Gasteiger partial charge in [-0.25, -0.2) is 0 Å². The Bertz CT molecular complexity index is 387. The van der Waals surface area contributed by atoms with Crippen molar-refractivity contribution in [3.8, 4) is 0 Å². The number of piperidine rings is 1. The molecule has 1 aliphatic heterocycles. The van der Waals surface area contributed by atoms with Crippen LogP contribution in [-0.4, -0.2) is 72.4 Å². The van der Waals surface area contributed by atoms with Gasteiger partial charge in [-0.1, -0.05) is 12.8 Å². The molecule has 4 N–H and O–H groups in total. The second-order valence-corrected chi connectivity index (χ2v) is 7.17. The van der Waals surface area contributed by atoms with E-state index in [1.54, 1.807) is 0 Å². The predicted octanol–water partition coefficient (Wildman–Crippen LogP) is 0.789. The lowest BCUT2D eigenvalue weighted by Gasteiger charge is -2.26. The standard InChI is InChI=1S/C19H37N3O4/c23-16-17(24)9-4-5-11-20-19(26)15-21-18(25)10-3-1-6-12-22-13-7-2-8-14-22/h17,23-24H,1-16H2,(H,20,26)(H,21,25). The zero-order valence-electron chi connectivity index (χ0n) is 16.0. The predicted molar refractivity (Wildman–Crippen MR) is 102 cm³/mol. The van der Waals surface area contributed by atoms with E-state index in [0.29, 0.717) is 19.4 Å². The smallest absolute Gasteiger partial charge is 0.239 e. The molecular formula is C19H37N3O4. The summed E-state index contributed by atoms with van der Waals surface area (Å²) in [5.41, 5.74) is 0. The minimum Gasteiger partial charge on any atom is -0.394 e. The maximum Gasteiger partial charge on any atom is 0.239 e. The Morgan fingerprint density at radius 3 is 2.42 bits per heavy atom. The molecule has 2 amide bonds.